The van der Waals surface area contributed by atoms with Gasteiger partial charge in [-0.1, -0.05) is 49.7 Å². The van der Waals surface area contributed by atoms with Gasteiger partial charge in [0.1, 0.15) is 0 Å². The van der Waals surface area contributed by atoms with E-state index in [4.69, 9.17) is 11.6 Å². The number of rotatable bonds is 6. The molecule has 0 spiro atoms. The van der Waals surface area contributed by atoms with Gasteiger partial charge in [0.2, 0.25) is 5.91 Å². The largest absolute Gasteiger partial charge is 0.347 e. The topological polar surface area (TPSA) is 46.9 Å². The lowest BCUT2D eigenvalue weighted by molar-refractivity contribution is -0.116. The third-order valence-electron chi connectivity index (χ3n) is 3.66. The van der Waals surface area contributed by atoms with Crippen LogP contribution in [0.15, 0.2) is 36.5 Å². The molecule has 0 aliphatic carbocycles. The van der Waals surface area contributed by atoms with Crippen molar-refractivity contribution in [3.05, 3.63) is 58.4 Å². The number of aromatic nitrogens is 2. The number of aryl methyl sites for hydroxylation is 1. The van der Waals surface area contributed by atoms with Crippen molar-refractivity contribution in [3.63, 3.8) is 0 Å². The van der Waals surface area contributed by atoms with Crippen molar-refractivity contribution in [2.45, 2.75) is 39.8 Å². The first-order valence-corrected chi connectivity index (χ1v) is 8.15. The van der Waals surface area contributed by atoms with Crippen LogP contribution in [0.4, 0.5) is 0 Å². The molecule has 5 heteroatoms. The van der Waals surface area contributed by atoms with E-state index in [1.165, 1.54) is 11.6 Å². The van der Waals surface area contributed by atoms with Gasteiger partial charge in [-0.25, -0.2) is 0 Å². The van der Waals surface area contributed by atoms with Gasteiger partial charge in [-0.15, -0.1) is 0 Å². The van der Waals surface area contributed by atoms with Crippen LogP contribution in [0.25, 0.3) is 6.08 Å². The fraction of sp³-hybridized carbons (Fsp3) is 0.333. The normalized spacial score (nSPS) is 11.3. The second-order valence-corrected chi connectivity index (χ2v) is 6.03. The molecule has 122 valence electrons. The third-order valence-corrected chi connectivity index (χ3v) is 3.97. The Morgan fingerprint density at radius 2 is 2.04 bits per heavy atom. The highest BCUT2D eigenvalue weighted by atomic mass is 35.5. The summed E-state index contributed by atoms with van der Waals surface area (Å²) >= 11 is 6.07. The predicted octanol–water partition coefficient (Wildman–Crippen LogP) is 4.01. The van der Waals surface area contributed by atoms with Crippen molar-refractivity contribution in [1.82, 2.24) is 15.1 Å². The Kier molecular flexibility index (Phi) is 5.99. The van der Waals surface area contributed by atoms with E-state index in [1.807, 2.05) is 19.1 Å². The zero-order valence-corrected chi connectivity index (χ0v) is 14.5. The maximum absolute atomic E-state index is 11.9. The highest BCUT2D eigenvalue weighted by molar-refractivity contribution is 6.31. The van der Waals surface area contributed by atoms with Gasteiger partial charge in [0, 0.05) is 12.6 Å². The molecule has 0 radical (unpaired) electrons. The van der Waals surface area contributed by atoms with E-state index >= 15 is 0 Å². The summed E-state index contributed by atoms with van der Waals surface area (Å²) < 4.78 is 1.77. The number of nitrogens with zero attached hydrogens (tertiary/aromatic N) is 2. The maximum atomic E-state index is 11.9. The molecular weight excluding hydrogens is 310 g/mol. The summed E-state index contributed by atoms with van der Waals surface area (Å²) in [5.74, 6) is 0.349. The van der Waals surface area contributed by atoms with Crippen LogP contribution in [0.1, 0.15) is 43.5 Å². The van der Waals surface area contributed by atoms with E-state index in [1.54, 1.807) is 17.0 Å². The van der Waals surface area contributed by atoms with Crippen LogP contribution < -0.4 is 5.32 Å². The van der Waals surface area contributed by atoms with Crippen LogP contribution >= 0.6 is 11.6 Å². The molecule has 1 aromatic carbocycles. The van der Waals surface area contributed by atoms with Gasteiger partial charge in [-0.2, -0.15) is 5.10 Å². The van der Waals surface area contributed by atoms with Gasteiger partial charge in [0.05, 0.1) is 23.5 Å². The number of carbonyl (C=O) groups is 1. The van der Waals surface area contributed by atoms with Crippen molar-refractivity contribution >= 4 is 23.6 Å². The molecule has 0 saturated carbocycles. The Morgan fingerprint density at radius 1 is 1.35 bits per heavy atom. The first-order chi connectivity index (χ1) is 11.0. The summed E-state index contributed by atoms with van der Waals surface area (Å²) in [5.41, 5.74) is 3.10. The molecule has 0 atom stereocenters. The number of halogens is 1. The molecule has 0 bridgehead atoms. The van der Waals surface area contributed by atoms with Crippen LogP contribution in [0.5, 0.6) is 0 Å². The van der Waals surface area contributed by atoms with Gasteiger partial charge in [0.25, 0.3) is 0 Å². The Balaban J connectivity index is 1.92. The van der Waals surface area contributed by atoms with Gasteiger partial charge in [-0.3, -0.25) is 9.48 Å². The quantitative estimate of drug-likeness (QED) is 0.813. The maximum Gasteiger partial charge on any atom is 0.244 e. The molecule has 0 aliphatic heterocycles. The van der Waals surface area contributed by atoms with E-state index in [-0.39, 0.29) is 5.91 Å². The van der Waals surface area contributed by atoms with Gasteiger partial charge in [-0.05, 0) is 30.0 Å². The zero-order chi connectivity index (χ0) is 16.8. The highest BCUT2D eigenvalue weighted by Crippen LogP contribution is 2.16. The molecular formula is C18H22ClN3O. The first kappa shape index (κ1) is 17.3. The van der Waals surface area contributed by atoms with E-state index in [9.17, 15) is 4.79 Å². The molecule has 1 heterocycles. The zero-order valence-electron chi connectivity index (χ0n) is 13.7. The second kappa shape index (κ2) is 7.97. The van der Waals surface area contributed by atoms with Crippen molar-refractivity contribution in [2.24, 2.45) is 0 Å². The molecule has 0 unspecified atom stereocenters. The van der Waals surface area contributed by atoms with Crippen molar-refractivity contribution in [2.75, 3.05) is 0 Å². The molecule has 23 heavy (non-hydrogen) atoms. The van der Waals surface area contributed by atoms with Crippen LogP contribution in [0, 0.1) is 0 Å². The molecule has 2 rings (SSSR count). The van der Waals surface area contributed by atoms with Gasteiger partial charge < -0.3 is 5.32 Å². The van der Waals surface area contributed by atoms with Crippen molar-refractivity contribution < 1.29 is 4.79 Å². The molecule has 2 aromatic rings. The number of hydrogen-bond acceptors (Lipinski definition) is 2. The first-order valence-electron chi connectivity index (χ1n) is 7.77. The number of carbonyl (C=O) groups excluding carboxylic acids is 1. The minimum absolute atomic E-state index is 0.155. The average molecular weight is 332 g/mol. The van der Waals surface area contributed by atoms with Crippen LogP contribution in [-0.4, -0.2) is 15.7 Å². The Morgan fingerprint density at radius 3 is 2.65 bits per heavy atom. The van der Waals surface area contributed by atoms with Gasteiger partial charge in [0.15, 0.2) is 0 Å². The summed E-state index contributed by atoms with van der Waals surface area (Å²) in [5, 5.41) is 7.54. The SMILES string of the molecule is CCn1ncc(Cl)c1CNC(=O)/C=C/c1ccc(C(C)C)cc1. The van der Waals surface area contributed by atoms with E-state index < -0.39 is 0 Å². The van der Waals surface area contributed by atoms with Gasteiger partial charge >= 0.3 is 0 Å². The Bertz CT molecular complexity index is 687. The fourth-order valence-electron chi connectivity index (χ4n) is 2.23. The summed E-state index contributed by atoms with van der Waals surface area (Å²) in [6.07, 6.45) is 4.93. The number of hydrogen-bond donors (Lipinski definition) is 1. The summed E-state index contributed by atoms with van der Waals surface area (Å²) in [6, 6.07) is 8.20. The standard InChI is InChI=1S/C18H22ClN3O/c1-4-22-17(16(19)11-21-22)12-20-18(23)10-7-14-5-8-15(9-6-14)13(2)3/h5-11,13H,4,12H2,1-3H3,(H,20,23)/b10-7+. The van der Waals surface area contributed by atoms with Crippen LogP contribution in [0.3, 0.4) is 0 Å². The minimum atomic E-state index is -0.155. The summed E-state index contributed by atoms with van der Waals surface area (Å²) in [7, 11) is 0. The Labute approximate surface area is 142 Å². The Hall–Kier alpha value is -2.07. The molecule has 0 aliphatic rings. The highest BCUT2D eigenvalue weighted by Gasteiger charge is 2.08. The summed E-state index contributed by atoms with van der Waals surface area (Å²) in [6.45, 7) is 7.38. The van der Waals surface area contributed by atoms with Crippen LogP contribution in [-0.2, 0) is 17.9 Å². The smallest absolute Gasteiger partial charge is 0.244 e. The predicted molar refractivity (Wildman–Crippen MR) is 94.3 cm³/mol. The lowest BCUT2D eigenvalue weighted by atomic mass is 10.0. The van der Waals surface area contributed by atoms with Crippen LogP contribution in [0.2, 0.25) is 5.02 Å². The molecule has 1 aromatic heterocycles. The van der Waals surface area contributed by atoms with E-state index in [2.05, 4.69) is 36.4 Å². The minimum Gasteiger partial charge on any atom is -0.347 e. The number of amides is 1. The lowest BCUT2D eigenvalue weighted by Crippen LogP contribution is -2.22. The third kappa shape index (κ3) is 4.70. The molecule has 4 nitrogen and oxygen atoms in total. The second-order valence-electron chi connectivity index (χ2n) is 5.63. The number of benzene rings is 1. The lowest BCUT2D eigenvalue weighted by Gasteiger charge is -2.06. The van der Waals surface area contributed by atoms with Crippen molar-refractivity contribution in [1.29, 1.82) is 0 Å². The molecule has 1 amide bonds. The molecule has 1 N–H and O–H groups in total. The number of nitrogens with one attached hydrogen (secondary N) is 1. The average Bonchev–Trinajstić information content (AvgIpc) is 2.91. The van der Waals surface area contributed by atoms with E-state index in [0.29, 0.717) is 17.5 Å². The fourth-order valence-corrected chi connectivity index (χ4v) is 2.44. The van der Waals surface area contributed by atoms with E-state index in [0.717, 1.165) is 17.8 Å². The van der Waals surface area contributed by atoms with Crippen molar-refractivity contribution in [3.8, 4) is 0 Å². The molecule has 0 fully saturated rings. The molecule has 0 saturated heterocycles. The summed E-state index contributed by atoms with van der Waals surface area (Å²) in [4.78, 5) is 11.9. The monoisotopic (exact) mass is 331 g/mol.